The Balaban J connectivity index is 1.59. The molecule has 39 heavy (non-hydrogen) atoms. The fourth-order valence-electron chi connectivity index (χ4n) is 3.23. The molecule has 0 aliphatic rings. The largest absolute Gasteiger partial charge is 0.460 e. The molecule has 0 atom stereocenters. The van der Waals surface area contributed by atoms with Gasteiger partial charge in [-0.1, -0.05) is 30.8 Å². The molecule has 4 N–H and O–H groups in total. The molecule has 0 radical (unpaired) electrons. The number of rotatable bonds is 11. The second kappa shape index (κ2) is 13.9. The zero-order valence-corrected chi connectivity index (χ0v) is 21.5. The molecule has 0 saturated carbocycles. The zero-order chi connectivity index (χ0) is 28.2. The van der Waals surface area contributed by atoms with E-state index < -0.39 is 17.9 Å². The van der Waals surface area contributed by atoms with Crippen LogP contribution in [0, 0.1) is 18.3 Å². The minimum atomic E-state index is -0.527. The van der Waals surface area contributed by atoms with Crippen molar-refractivity contribution in [3.63, 3.8) is 0 Å². The molecular formula is C28H28N6O5. The molecule has 1 heterocycles. The van der Waals surface area contributed by atoms with Crippen LogP contribution in [0.4, 0.5) is 22.0 Å². The topological polar surface area (TPSA) is 154 Å². The minimum Gasteiger partial charge on any atom is -0.460 e. The summed E-state index contributed by atoms with van der Waals surface area (Å²) in [6.45, 7) is 7.04. The number of esters is 1. The smallest absolute Gasteiger partial charge is 0.333 e. The van der Waals surface area contributed by atoms with Crippen molar-refractivity contribution < 1.29 is 24.0 Å². The third-order valence-electron chi connectivity index (χ3n) is 5.33. The van der Waals surface area contributed by atoms with Gasteiger partial charge in [0, 0.05) is 23.0 Å². The van der Waals surface area contributed by atoms with Crippen LogP contribution in [0.2, 0.25) is 0 Å². The van der Waals surface area contributed by atoms with Crippen molar-refractivity contribution in [1.82, 2.24) is 15.8 Å². The second-order valence-electron chi connectivity index (χ2n) is 8.33. The van der Waals surface area contributed by atoms with Crippen molar-refractivity contribution in [2.45, 2.75) is 20.5 Å². The number of ether oxygens (including phenoxy) is 1. The Kier molecular flexibility index (Phi) is 10.1. The second-order valence-corrected chi connectivity index (χ2v) is 8.33. The van der Waals surface area contributed by atoms with Crippen molar-refractivity contribution >= 4 is 35.1 Å². The molecule has 0 saturated heterocycles. The van der Waals surface area contributed by atoms with Crippen LogP contribution in [-0.4, -0.2) is 36.0 Å². The van der Waals surface area contributed by atoms with Crippen molar-refractivity contribution in [2.75, 3.05) is 23.8 Å². The van der Waals surface area contributed by atoms with E-state index >= 15 is 0 Å². The monoisotopic (exact) mass is 528 g/mol. The number of amides is 3. The fourth-order valence-corrected chi connectivity index (χ4v) is 3.23. The van der Waals surface area contributed by atoms with E-state index in [-0.39, 0.29) is 25.3 Å². The van der Waals surface area contributed by atoms with Crippen LogP contribution < -0.4 is 21.4 Å². The third-order valence-corrected chi connectivity index (χ3v) is 5.33. The van der Waals surface area contributed by atoms with Crippen molar-refractivity contribution in [3.8, 4) is 6.07 Å². The first-order chi connectivity index (χ1) is 18.8. The first kappa shape index (κ1) is 28.4. The van der Waals surface area contributed by atoms with E-state index in [1.807, 2.05) is 6.07 Å². The summed E-state index contributed by atoms with van der Waals surface area (Å²) in [5.74, 6) is -0.673. The molecule has 0 aliphatic carbocycles. The van der Waals surface area contributed by atoms with Gasteiger partial charge in [0.1, 0.15) is 12.4 Å². The van der Waals surface area contributed by atoms with Gasteiger partial charge in [0.15, 0.2) is 0 Å². The van der Waals surface area contributed by atoms with Crippen molar-refractivity contribution in [1.29, 1.82) is 5.26 Å². The molecule has 3 aromatic rings. The summed E-state index contributed by atoms with van der Waals surface area (Å²) < 4.78 is 4.94. The van der Waals surface area contributed by atoms with Crippen LogP contribution in [0.1, 0.15) is 34.0 Å². The lowest BCUT2D eigenvalue weighted by Gasteiger charge is -2.16. The predicted molar refractivity (Wildman–Crippen MR) is 145 cm³/mol. The molecule has 3 rings (SSSR count). The maximum absolute atomic E-state index is 12.8. The number of benzene rings is 2. The highest BCUT2D eigenvalue weighted by atomic mass is 16.6. The van der Waals surface area contributed by atoms with E-state index in [9.17, 15) is 14.4 Å². The lowest BCUT2D eigenvalue weighted by Crippen LogP contribution is -2.32. The number of aromatic nitrogens is 1. The Morgan fingerprint density at radius 2 is 1.79 bits per heavy atom. The highest BCUT2D eigenvalue weighted by Gasteiger charge is 2.14. The quantitative estimate of drug-likeness (QED) is 0.125. The van der Waals surface area contributed by atoms with E-state index in [0.29, 0.717) is 33.9 Å². The molecular weight excluding hydrogens is 500 g/mol. The van der Waals surface area contributed by atoms with Crippen LogP contribution in [0.25, 0.3) is 0 Å². The van der Waals surface area contributed by atoms with Crippen molar-refractivity contribution in [3.05, 3.63) is 95.2 Å². The Labute approximate surface area is 225 Å². The summed E-state index contributed by atoms with van der Waals surface area (Å²) in [5, 5.41) is 17.3. The van der Waals surface area contributed by atoms with Gasteiger partial charge in [-0.05, 0) is 49.7 Å². The van der Waals surface area contributed by atoms with Gasteiger partial charge in [0.2, 0.25) is 0 Å². The Morgan fingerprint density at radius 3 is 2.51 bits per heavy atom. The fraction of sp³-hybridized carbons (Fsp3) is 0.179. The van der Waals surface area contributed by atoms with Crippen LogP contribution in [0.5, 0.6) is 0 Å². The molecule has 2 aromatic carbocycles. The van der Waals surface area contributed by atoms with Gasteiger partial charge in [-0.25, -0.2) is 20.1 Å². The highest BCUT2D eigenvalue weighted by molar-refractivity contribution is 6.00. The zero-order valence-electron chi connectivity index (χ0n) is 21.5. The van der Waals surface area contributed by atoms with Crippen LogP contribution >= 0.6 is 0 Å². The lowest BCUT2D eigenvalue weighted by atomic mass is 10.1. The minimum absolute atomic E-state index is 0.00313. The molecule has 11 heteroatoms. The van der Waals surface area contributed by atoms with E-state index in [1.54, 1.807) is 61.5 Å². The normalized spacial score (nSPS) is 10.1. The molecule has 1 aromatic heterocycles. The number of nitrogens with one attached hydrogen (secondary N) is 4. The summed E-state index contributed by atoms with van der Waals surface area (Å²) in [5.41, 5.74) is 6.15. The average Bonchev–Trinajstić information content (AvgIpc) is 2.93. The average molecular weight is 529 g/mol. The van der Waals surface area contributed by atoms with Gasteiger partial charge in [0.25, 0.3) is 5.91 Å². The number of pyridine rings is 1. The van der Waals surface area contributed by atoms with Gasteiger partial charge >= 0.3 is 12.0 Å². The maximum atomic E-state index is 12.8. The lowest BCUT2D eigenvalue weighted by molar-refractivity contribution is -0.138. The summed E-state index contributed by atoms with van der Waals surface area (Å²) in [7, 11) is 0. The predicted octanol–water partition coefficient (Wildman–Crippen LogP) is 4.11. The number of hydrogen-bond donors (Lipinski definition) is 4. The third kappa shape index (κ3) is 8.41. The molecule has 0 unspecified atom stereocenters. The summed E-state index contributed by atoms with van der Waals surface area (Å²) in [4.78, 5) is 46.1. The Morgan fingerprint density at radius 1 is 1.05 bits per heavy atom. The van der Waals surface area contributed by atoms with Crippen LogP contribution in [0.15, 0.2) is 72.9 Å². The van der Waals surface area contributed by atoms with E-state index in [2.05, 4.69) is 33.0 Å². The van der Waals surface area contributed by atoms with Gasteiger partial charge in [-0.15, -0.1) is 0 Å². The first-order valence-corrected chi connectivity index (χ1v) is 11.9. The number of nitrogens with zero attached hydrogens (tertiary/aromatic N) is 2. The molecule has 3 amide bonds. The molecule has 11 nitrogen and oxygen atoms in total. The summed E-state index contributed by atoms with van der Waals surface area (Å²) in [6, 6.07) is 17.0. The molecule has 0 spiro atoms. The molecule has 0 bridgehead atoms. The summed E-state index contributed by atoms with van der Waals surface area (Å²) in [6.07, 6.45) is 1.52. The Hall–Kier alpha value is -5.21. The number of hydrogen-bond acceptors (Lipinski definition) is 8. The number of para-hydroxylation sites is 1. The van der Waals surface area contributed by atoms with Crippen molar-refractivity contribution in [2.24, 2.45) is 0 Å². The number of carbonyl (C=O) groups excluding carboxylic acids is 3. The first-order valence-electron chi connectivity index (χ1n) is 11.9. The van der Waals surface area contributed by atoms with E-state index in [4.69, 9.17) is 14.8 Å². The van der Waals surface area contributed by atoms with Gasteiger partial charge in [-0.3, -0.25) is 14.9 Å². The number of carbonyl (C=O) groups is 3. The van der Waals surface area contributed by atoms with Crippen LogP contribution in [-0.2, 0) is 21.0 Å². The molecule has 200 valence electrons. The number of hydroxylamine groups is 1. The molecule has 0 aliphatic heterocycles. The molecule has 0 fully saturated rings. The maximum Gasteiger partial charge on any atom is 0.333 e. The standard InChI is InChI=1S/C28H28N6O5/c1-18(2)27(36)38-15-14-31-28(37)33-25-19(3)23(12-13-30-25)32-24-7-5-4-6-22(24)26(35)34-39-17-21-10-8-20(16-29)9-11-21/h4-13H,1,14-15,17H2,2-3H3,(H,34,35)(H3,30,31,32,33,37). The number of nitriles is 1. The van der Waals surface area contributed by atoms with Crippen LogP contribution in [0.3, 0.4) is 0 Å². The highest BCUT2D eigenvalue weighted by Crippen LogP contribution is 2.26. The van der Waals surface area contributed by atoms with Gasteiger partial charge in [0.05, 0.1) is 36.0 Å². The summed E-state index contributed by atoms with van der Waals surface area (Å²) >= 11 is 0. The van der Waals surface area contributed by atoms with E-state index in [1.165, 1.54) is 13.1 Å². The Bertz CT molecular complexity index is 1400. The number of urea groups is 1. The van der Waals surface area contributed by atoms with E-state index in [0.717, 1.165) is 5.56 Å². The SMILES string of the molecule is C=C(C)C(=O)OCCNC(=O)Nc1nccc(Nc2ccccc2C(=O)NOCc2ccc(C#N)cc2)c1C. The number of anilines is 3. The van der Waals surface area contributed by atoms with Gasteiger partial charge < -0.3 is 15.4 Å². The van der Waals surface area contributed by atoms with Gasteiger partial charge in [-0.2, -0.15) is 5.26 Å².